The maximum atomic E-state index is 3.99. The molecular weight excluding hydrogens is 116 g/mol. The number of hydrogen-bond donors (Lipinski definition) is 1. The fourth-order valence-corrected chi connectivity index (χ4v) is 0. The summed E-state index contributed by atoms with van der Waals surface area (Å²) in [5, 5.41) is 0. The molecule has 0 rings (SSSR count). The van der Waals surface area contributed by atoms with Crippen LogP contribution in [0.3, 0.4) is 0 Å². The predicted molar refractivity (Wildman–Crippen MR) is 35.5 cm³/mol. The van der Waals surface area contributed by atoms with Crippen LogP contribution in [0.1, 0.15) is 0 Å². The quantitative estimate of drug-likeness (QED) is 0.314. The Hall–Kier alpha value is 0.917. The Morgan fingerprint density at radius 2 is 1.80 bits per heavy atom. The minimum absolute atomic E-state index is 0.369. The lowest BCUT2D eigenvalue weighted by molar-refractivity contribution is 2.11. The van der Waals surface area contributed by atoms with E-state index in [4.69, 9.17) is 0 Å². The molecule has 0 aliphatic carbocycles. The van der Waals surface area contributed by atoms with Gasteiger partial charge in [-0.1, -0.05) is 13.1 Å². The van der Waals surface area contributed by atoms with Gasteiger partial charge < -0.3 is 0 Å². The van der Waals surface area contributed by atoms with E-state index in [9.17, 15) is 0 Å². The molecule has 32 valence electrons. The first-order valence-electron chi connectivity index (χ1n) is 1.57. The molecule has 0 aromatic heterocycles. The molecule has 0 atom stereocenters. The Balaban J connectivity index is 2.54. The third kappa shape index (κ3) is 4.92. The molecule has 0 saturated heterocycles. The molecule has 0 aromatic rings. The molecule has 0 radical (unpaired) electrons. The van der Waals surface area contributed by atoms with Gasteiger partial charge >= 0.3 is 0 Å². The molecule has 0 aliphatic rings. The number of thiol groups is 1. The van der Waals surface area contributed by atoms with Crippen LogP contribution in [0, 0.1) is 0 Å². The van der Waals surface area contributed by atoms with E-state index >= 15 is 0 Å². The predicted octanol–water partition coefficient (Wildman–Crippen LogP) is 1.55. The second kappa shape index (κ2) is 3.12. The van der Waals surface area contributed by atoms with Crippen molar-refractivity contribution >= 4 is 29.9 Å². The van der Waals surface area contributed by atoms with E-state index in [0.29, 0.717) is 0 Å². The van der Waals surface area contributed by atoms with Crippen LogP contribution >= 0.6 is 21.9 Å². The molecule has 3 heteroatoms. The van der Waals surface area contributed by atoms with Gasteiger partial charge in [0.25, 0.3) is 0 Å². The van der Waals surface area contributed by atoms with Gasteiger partial charge in [0.1, 0.15) is 7.95 Å². The first-order chi connectivity index (χ1) is 2.27. The number of hydrogen-bond acceptors (Lipinski definition) is 2. The maximum absolute atomic E-state index is 3.99. The summed E-state index contributed by atoms with van der Waals surface area (Å²) < 4.78 is 0. The second-order valence-corrected chi connectivity index (χ2v) is 8.82. The average molecular weight is 124 g/mol. The minimum Gasteiger partial charge on any atom is -0.129 e. The molecule has 0 amide bonds. The Labute approximate surface area is 43.4 Å². The van der Waals surface area contributed by atoms with E-state index in [1.165, 1.54) is 0 Å². The molecular formula is C2H8S2Si. The Bertz CT molecular complexity index is 21.6. The van der Waals surface area contributed by atoms with Crippen LogP contribution in [0.5, 0.6) is 0 Å². The molecule has 0 aromatic carbocycles. The van der Waals surface area contributed by atoms with Crippen LogP contribution < -0.4 is 0 Å². The normalized spacial score (nSPS) is 9.60. The van der Waals surface area contributed by atoms with E-state index < -0.39 is 0 Å². The van der Waals surface area contributed by atoms with E-state index in [-0.39, 0.29) is 7.95 Å². The zero-order chi connectivity index (χ0) is 4.28. The standard InChI is InChI=1S/C2H8S2Si/c1-5(2)4-3/h3,5H,1-2H3. The molecule has 0 N–H and O–H groups in total. The summed E-state index contributed by atoms with van der Waals surface area (Å²) in [5.41, 5.74) is 0. The monoisotopic (exact) mass is 124 g/mol. The highest BCUT2D eigenvalue weighted by atomic mass is 33.2. The lowest BCUT2D eigenvalue weighted by atomic mass is 11.9. The molecule has 0 heterocycles. The molecule has 0 unspecified atom stereocenters. The van der Waals surface area contributed by atoms with Crippen LogP contribution in [0.4, 0.5) is 0 Å². The van der Waals surface area contributed by atoms with Crippen molar-refractivity contribution in [3.8, 4) is 0 Å². The molecule has 0 aliphatic heterocycles. The van der Waals surface area contributed by atoms with Gasteiger partial charge in [-0.2, -0.15) is 0 Å². The molecule has 0 spiro atoms. The topological polar surface area (TPSA) is 0 Å². The van der Waals surface area contributed by atoms with Crippen LogP contribution in [-0.2, 0) is 0 Å². The molecule has 0 fully saturated rings. The highest BCUT2D eigenvalue weighted by Gasteiger charge is 1.84. The fraction of sp³-hybridized carbons (Fsp3) is 1.00. The third-order valence-corrected chi connectivity index (χ3v) is 5.69. The van der Waals surface area contributed by atoms with Crippen LogP contribution in [0.25, 0.3) is 0 Å². The smallest absolute Gasteiger partial charge is 0.109 e. The first-order valence-corrected chi connectivity index (χ1v) is 7.23. The summed E-state index contributed by atoms with van der Waals surface area (Å²) in [6.07, 6.45) is 0. The van der Waals surface area contributed by atoms with Crippen LogP contribution in [0.15, 0.2) is 0 Å². The first kappa shape index (κ1) is 5.92. The SMILES string of the molecule is C[SiH](C)SS. The van der Waals surface area contributed by atoms with Crippen molar-refractivity contribution in [2.75, 3.05) is 0 Å². The van der Waals surface area contributed by atoms with Crippen molar-refractivity contribution < 1.29 is 0 Å². The molecule has 0 nitrogen and oxygen atoms in total. The Morgan fingerprint density at radius 1 is 1.60 bits per heavy atom. The Kier molecular flexibility index (Phi) is 3.69. The molecule has 0 bridgehead atoms. The summed E-state index contributed by atoms with van der Waals surface area (Å²) in [4.78, 5) is 0. The zero-order valence-electron chi connectivity index (χ0n) is 3.43. The van der Waals surface area contributed by atoms with Gasteiger partial charge in [-0.25, -0.2) is 0 Å². The van der Waals surface area contributed by atoms with Crippen molar-refractivity contribution in [1.82, 2.24) is 0 Å². The summed E-state index contributed by atoms with van der Waals surface area (Å²) in [5.74, 6) is 0. The van der Waals surface area contributed by atoms with E-state index in [2.05, 4.69) is 24.8 Å². The van der Waals surface area contributed by atoms with E-state index in [1.807, 2.05) is 0 Å². The molecule has 0 saturated carbocycles. The lowest BCUT2D eigenvalue weighted by Crippen LogP contribution is -1.84. The Morgan fingerprint density at radius 3 is 1.80 bits per heavy atom. The van der Waals surface area contributed by atoms with Gasteiger partial charge in [-0.3, -0.25) is 0 Å². The minimum atomic E-state index is -0.369. The van der Waals surface area contributed by atoms with Gasteiger partial charge in [-0.05, 0) is 0 Å². The van der Waals surface area contributed by atoms with Crippen molar-refractivity contribution in [2.45, 2.75) is 13.1 Å². The molecule has 5 heavy (non-hydrogen) atoms. The fourth-order valence-electron chi connectivity index (χ4n) is 0. The van der Waals surface area contributed by atoms with Gasteiger partial charge in [0, 0.05) is 0 Å². The van der Waals surface area contributed by atoms with Crippen molar-refractivity contribution in [3.63, 3.8) is 0 Å². The highest BCUT2D eigenvalue weighted by molar-refractivity contribution is 8.79. The lowest BCUT2D eigenvalue weighted by Gasteiger charge is -1.86. The zero-order valence-corrected chi connectivity index (χ0v) is 6.30. The van der Waals surface area contributed by atoms with Crippen LogP contribution in [0.2, 0.25) is 13.1 Å². The largest absolute Gasteiger partial charge is 0.129 e. The van der Waals surface area contributed by atoms with Crippen molar-refractivity contribution in [2.24, 2.45) is 0 Å². The maximum Gasteiger partial charge on any atom is 0.109 e. The van der Waals surface area contributed by atoms with E-state index in [1.54, 1.807) is 10.2 Å². The third-order valence-electron chi connectivity index (χ3n) is 0.211. The van der Waals surface area contributed by atoms with Gasteiger partial charge in [-0.15, -0.1) is 21.9 Å². The highest BCUT2D eigenvalue weighted by Crippen LogP contribution is 2.08. The van der Waals surface area contributed by atoms with Crippen molar-refractivity contribution in [3.05, 3.63) is 0 Å². The number of rotatable bonds is 1. The average Bonchev–Trinajstić information content (AvgIpc) is 1.38. The summed E-state index contributed by atoms with van der Waals surface area (Å²) >= 11 is 3.99. The van der Waals surface area contributed by atoms with Crippen molar-refractivity contribution in [1.29, 1.82) is 0 Å². The summed E-state index contributed by atoms with van der Waals surface area (Å²) in [6.45, 7) is 4.50. The van der Waals surface area contributed by atoms with Gasteiger partial charge in [0.05, 0.1) is 0 Å². The summed E-state index contributed by atoms with van der Waals surface area (Å²) in [6, 6.07) is 0. The van der Waals surface area contributed by atoms with Gasteiger partial charge in [0.15, 0.2) is 0 Å². The van der Waals surface area contributed by atoms with E-state index in [0.717, 1.165) is 0 Å². The second-order valence-electron chi connectivity index (χ2n) is 1.15. The summed E-state index contributed by atoms with van der Waals surface area (Å²) in [7, 11) is 1.34. The van der Waals surface area contributed by atoms with Crippen LogP contribution in [-0.4, -0.2) is 7.95 Å². The van der Waals surface area contributed by atoms with Gasteiger partial charge in [0.2, 0.25) is 0 Å².